The van der Waals surface area contributed by atoms with Crippen LogP contribution in [0.15, 0.2) is 60.8 Å². The first-order valence-corrected chi connectivity index (χ1v) is 8.98. The van der Waals surface area contributed by atoms with Gasteiger partial charge in [-0.15, -0.1) is 11.3 Å². The van der Waals surface area contributed by atoms with Gasteiger partial charge < -0.3 is 9.47 Å². The summed E-state index contributed by atoms with van der Waals surface area (Å²) in [6.45, 7) is 0.110. The number of fused-ring (bicyclic) bond motifs is 1. The summed E-state index contributed by atoms with van der Waals surface area (Å²) in [7, 11) is 0. The molecule has 130 valence electrons. The lowest BCUT2D eigenvalue weighted by Gasteiger charge is -2.22. The number of esters is 2. The number of ether oxygens (including phenoxy) is 2. The van der Waals surface area contributed by atoms with Crippen molar-refractivity contribution >= 4 is 23.3 Å². The average molecular weight is 365 g/mol. The molecule has 0 saturated heterocycles. The van der Waals surface area contributed by atoms with Gasteiger partial charge in [0.1, 0.15) is 11.6 Å². The van der Waals surface area contributed by atoms with Gasteiger partial charge in [0.15, 0.2) is 0 Å². The Morgan fingerprint density at radius 3 is 2.77 bits per heavy atom. The molecule has 0 spiro atoms. The van der Waals surface area contributed by atoms with Gasteiger partial charge in [0.25, 0.3) is 0 Å². The number of hydrogen-bond acceptors (Lipinski definition) is 6. The van der Waals surface area contributed by atoms with Crippen molar-refractivity contribution in [1.29, 1.82) is 0 Å². The second-order valence-electron chi connectivity index (χ2n) is 5.86. The van der Waals surface area contributed by atoms with Crippen molar-refractivity contribution in [2.45, 2.75) is 19.1 Å². The lowest BCUT2D eigenvalue weighted by molar-refractivity contribution is -0.155. The van der Waals surface area contributed by atoms with E-state index in [1.807, 2.05) is 42.5 Å². The quantitative estimate of drug-likeness (QED) is 0.661. The van der Waals surface area contributed by atoms with E-state index in [1.54, 1.807) is 18.3 Å². The Morgan fingerprint density at radius 1 is 1.15 bits per heavy atom. The van der Waals surface area contributed by atoms with Crippen molar-refractivity contribution in [2.24, 2.45) is 0 Å². The maximum atomic E-state index is 12.3. The summed E-state index contributed by atoms with van der Waals surface area (Å²) in [4.78, 5) is 29.5. The predicted octanol–water partition coefficient (Wildman–Crippen LogP) is 3.64. The summed E-state index contributed by atoms with van der Waals surface area (Å²) in [6, 6.07) is 16.9. The molecular weight excluding hydrogens is 350 g/mol. The van der Waals surface area contributed by atoms with Gasteiger partial charge in [-0.25, -0.2) is 14.6 Å². The minimum atomic E-state index is -0.904. The highest BCUT2D eigenvalue weighted by Crippen LogP contribution is 2.26. The Kier molecular flexibility index (Phi) is 4.50. The topological polar surface area (TPSA) is 65.5 Å². The van der Waals surface area contributed by atoms with Crippen LogP contribution in [0.25, 0.3) is 10.6 Å². The largest absolute Gasteiger partial charge is 0.457 e. The number of benzene rings is 2. The molecule has 1 aromatic heterocycles. The molecular formula is C20H15NO4S. The van der Waals surface area contributed by atoms with Crippen LogP contribution >= 0.6 is 11.3 Å². The lowest BCUT2D eigenvalue weighted by atomic mass is 9.99. The molecule has 0 amide bonds. The summed E-state index contributed by atoms with van der Waals surface area (Å²) < 4.78 is 10.5. The number of nitrogens with zero attached hydrogens (tertiary/aromatic N) is 1. The lowest BCUT2D eigenvalue weighted by Crippen LogP contribution is -2.35. The van der Waals surface area contributed by atoms with Crippen LogP contribution in [0.1, 0.15) is 20.8 Å². The molecule has 5 nitrogen and oxygen atoms in total. The number of thiazole rings is 1. The zero-order valence-corrected chi connectivity index (χ0v) is 14.6. The molecule has 0 saturated carbocycles. The maximum absolute atomic E-state index is 12.3. The van der Waals surface area contributed by atoms with E-state index in [0.717, 1.165) is 21.0 Å². The van der Waals surface area contributed by atoms with Crippen LogP contribution in [-0.4, -0.2) is 23.0 Å². The van der Waals surface area contributed by atoms with Gasteiger partial charge in [0, 0.05) is 18.2 Å². The molecule has 0 bridgehead atoms. The van der Waals surface area contributed by atoms with Crippen LogP contribution in [0, 0.1) is 0 Å². The van der Waals surface area contributed by atoms with Gasteiger partial charge in [-0.2, -0.15) is 0 Å². The van der Waals surface area contributed by atoms with Crippen LogP contribution in [-0.2, 0) is 27.3 Å². The van der Waals surface area contributed by atoms with Crippen molar-refractivity contribution in [1.82, 2.24) is 4.98 Å². The van der Waals surface area contributed by atoms with E-state index in [1.165, 1.54) is 11.3 Å². The van der Waals surface area contributed by atoms with E-state index in [0.29, 0.717) is 12.0 Å². The van der Waals surface area contributed by atoms with Crippen LogP contribution < -0.4 is 0 Å². The number of aromatic nitrogens is 1. The highest BCUT2D eigenvalue weighted by atomic mass is 32.1. The molecule has 1 aliphatic rings. The Morgan fingerprint density at radius 2 is 1.92 bits per heavy atom. The molecule has 4 rings (SSSR count). The van der Waals surface area contributed by atoms with Crippen molar-refractivity contribution in [3.63, 3.8) is 0 Å². The molecule has 0 aliphatic carbocycles. The third kappa shape index (κ3) is 3.36. The molecule has 1 atom stereocenters. The third-order valence-corrected chi connectivity index (χ3v) is 5.11. The summed E-state index contributed by atoms with van der Waals surface area (Å²) in [5.41, 5.74) is 2.33. The minimum Gasteiger partial charge on any atom is -0.457 e. The van der Waals surface area contributed by atoms with Crippen molar-refractivity contribution < 1.29 is 19.1 Å². The van der Waals surface area contributed by atoms with Crippen molar-refractivity contribution in [3.8, 4) is 10.6 Å². The maximum Gasteiger partial charge on any atom is 0.348 e. The Bertz CT molecular complexity index is 951. The first-order chi connectivity index (χ1) is 12.7. The molecule has 2 aromatic carbocycles. The van der Waals surface area contributed by atoms with Crippen LogP contribution in [0.2, 0.25) is 0 Å². The molecule has 0 fully saturated rings. The molecule has 26 heavy (non-hydrogen) atoms. The smallest absolute Gasteiger partial charge is 0.348 e. The zero-order chi connectivity index (χ0) is 17.9. The highest BCUT2D eigenvalue weighted by molar-refractivity contribution is 7.15. The number of carbonyl (C=O) groups excluding carboxylic acids is 2. The molecule has 1 aliphatic heterocycles. The summed E-state index contributed by atoms with van der Waals surface area (Å²) in [6.07, 6.45) is 1.13. The monoisotopic (exact) mass is 365 g/mol. The summed E-state index contributed by atoms with van der Waals surface area (Å²) >= 11 is 1.47. The molecule has 2 heterocycles. The summed E-state index contributed by atoms with van der Waals surface area (Å²) in [5, 5.41) is 0.870. The van der Waals surface area contributed by atoms with Crippen LogP contribution in [0.5, 0.6) is 0 Å². The number of cyclic esters (lactones) is 1. The Hall–Kier alpha value is -2.99. The van der Waals surface area contributed by atoms with Crippen LogP contribution in [0.4, 0.5) is 0 Å². The van der Waals surface area contributed by atoms with Crippen LogP contribution in [0.3, 0.4) is 0 Å². The average Bonchev–Trinajstić information content (AvgIpc) is 3.16. The first-order valence-electron chi connectivity index (χ1n) is 8.16. The van der Waals surface area contributed by atoms with E-state index >= 15 is 0 Å². The molecule has 0 radical (unpaired) electrons. The third-order valence-electron chi connectivity index (χ3n) is 4.09. The van der Waals surface area contributed by atoms with Gasteiger partial charge in [-0.05, 0) is 11.6 Å². The number of carbonyl (C=O) groups is 2. The van der Waals surface area contributed by atoms with Gasteiger partial charge >= 0.3 is 11.9 Å². The SMILES string of the molecule is O=C1O[C@@H](C(=O)OCc2cnc(-c3ccccc3)s2)Cc2ccccc21. The standard InChI is InChI=1S/C20H15NO4S/c22-19-16-9-5-4-8-14(16)10-17(25-19)20(23)24-12-15-11-21-18(26-15)13-6-2-1-3-7-13/h1-9,11,17H,10,12H2/t17-/m1/s1. The highest BCUT2D eigenvalue weighted by Gasteiger charge is 2.32. The zero-order valence-electron chi connectivity index (χ0n) is 13.8. The first kappa shape index (κ1) is 16.5. The van der Waals surface area contributed by atoms with Gasteiger partial charge in [-0.1, -0.05) is 48.5 Å². The van der Waals surface area contributed by atoms with Gasteiger partial charge in [0.05, 0.1) is 10.4 Å². The molecule has 0 N–H and O–H groups in total. The van der Waals surface area contributed by atoms with E-state index in [2.05, 4.69) is 4.98 Å². The fourth-order valence-corrected chi connectivity index (χ4v) is 3.62. The molecule has 3 aromatic rings. The Balaban J connectivity index is 1.39. The molecule has 0 unspecified atom stereocenters. The predicted molar refractivity (Wildman–Crippen MR) is 96.7 cm³/mol. The number of hydrogen-bond donors (Lipinski definition) is 0. The number of rotatable bonds is 4. The van der Waals surface area contributed by atoms with Gasteiger partial charge in [0.2, 0.25) is 6.10 Å². The molecule has 6 heteroatoms. The summed E-state index contributed by atoms with van der Waals surface area (Å²) in [5.74, 6) is -1.03. The minimum absolute atomic E-state index is 0.110. The second-order valence-corrected chi connectivity index (χ2v) is 6.98. The fraction of sp³-hybridized carbons (Fsp3) is 0.150. The fourth-order valence-electron chi connectivity index (χ4n) is 2.79. The van der Waals surface area contributed by atoms with E-state index in [4.69, 9.17) is 9.47 Å². The van der Waals surface area contributed by atoms with Crippen molar-refractivity contribution in [2.75, 3.05) is 0 Å². The second kappa shape index (κ2) is 7.09. The Labute approximate surface area is 154 Å². The van der Waals surface area contributed by atoms with Gasteiger partial charge in [-0.3, -0.25) is 0 Å². The van der Waals surface area contributed by atoms with E-state index < -0.39 is 18.0 Å². The van der Waals surface area contributed by atoms with E-state index in [-0.39, 0.29) is 6.61 Å². The normalized spacial score (nSPS) is 15.8. The van der Waals surface area contributed by atoms with E-state index in [9.17, 15) is 9.59 Å². The van der Waals surface area contributed by atoms with Crippen molar-refractivity contribution in [3.05, 3.63) is 76.8 Å².